The lowest BCUT2D eigenvalue weighted by molar-refractivity contribution is 0.0696. The molecule has 0 amide bonds. The average Bonchev–Trinajstić information content (AvgIpc) is 3.00. The number of anilines is 3. The van der Waals surface area contributed by atoms with E-state index in [1.54, 1.807) is 26.0 Å². The molecule has 1 aliphatic rings. The average molecular weight is 435 g/mol. The second kappa shape index (κ2) is 8.54. The van der Waals surface area contributed by atoms with E-state index in [9.17, 15) is 20.0 Å². The Morgan fingerprint density at radius 2 is 1.94 bits per heavy atom. The van der Waals surface area contributed by atoms with Crippen LogP contribution < -0.4 is 16.1 Å². The van der Waals surface area contributed by atoms with Crippen LogP contribution in [0.3, 0.4) is 0 Å². The van der Waals surface area contributed by atoms with Gasteiger partial charge in [-0.2, -0.15) is 4.98 Å². The topological polar surface area (TPSA) is 150 Å². The monoisotopic (exact) mass is 435 g/mol. The van der Waals surface area contributed by atoms with Crippen LogP contribution in [0.15, 0.2) is 48.7 Å². The molecule has 1 atom stereocenters. The molecule has 1 aliphatic heterocycles. The molecular formula is C21H22BN5O5. The number of pyridine rings is 1. The van der Waals surface area contributed by atoms with Crippen molar-refractivity contribution in [1.29, 1.82) is 0 Å². The summed E-state index contributed by atoms with van der Waals surface area (Å²) in [5, 5.41) is 35.3. The number of carboxylic acid groups (broad SMARTS) is 1. The number of rotatable bonds is 7. The van der Waals surface area contributed by atoms with E-state index < -0.39 is 24.7 Å². The van der Waals surface area contributed by atoms with Gasteiger partial charge in [0.2, 0.25) is 5.95 Å². The van der Waals surface area contributed by atoms with Crippen molar-refractivity contribution in [3.05, 3.63) is 65.5 Å². The Kier molecular flexibility index (Phi) is 5.79. The molecule has 0 spiro atoms. The highest BCUT2D eigenvalue weighted by Gasteiger charge is 2.42. The Balaban J connectivity index is 1.63. The molecule has 10 nitrogen and oxygen atoms in total. The molecule has 0 radical (unpaired) electrons. The Hall–Kier alpha value is -3.54. The van der Waals surface area contributed by atoms with Gasteiger partial charge >= 0.3 is 13.1 Å². The van der Waals surface area contributed by atoms with E-state index in [0.29, 0.717) is 17.0 Å². The minimum absolute atomic E-state index is 0.0538. The summed E-state index contributed by atoms with van der Waals surface area (Å²) < 4.78 is 5.52. The molecule has 0 aliphatic carbocycles. The molecule has 0 unspecified atom stereocenters. The van der Waals surface area contributed by atoms with Crippen molar-refractivity contribution in [3.8, 4) is 0 Å². The molecule has 1 aromatic carbocycles. The number of fused-ring (bicyclic) bond motifs is 1. The molecule has 0 bridgehead atoms. The lowest BCUT2D eigenvalue weighted by atomic mass is 9.80. The van der Waals surface area contributed by atoms with Gasteiger partial charge in [-0.1, -0.05) is 36.4 Å². The summed E-state index contributed by atoms with van der Waals surface area (Å²) in [5.74, 6) is -0.622. The van der Waals surface area contributed by atoms with Crippen molar-refractivity contribution in [2.75, 3.05) is 17.2 Å². The summed E-state index contributed by atoms with van der Waals surface area (Å²) in [6.45, 7) is 3.34. The fourth-order valence-electron chi connectivity index (χ4n) is 3.53. The Morgan fingerprint density at radius 1 is 1.19 bits per heavy atom. The minimum Gasteiger partial charge on any atom is -0.477 e. The maximum absolute atomic E-state index is 11.7. The molecule has 3 heterocycles. The smallest absolute Gasteiger partial charge is 0.477 e. The summed E-state index contributed by atoms with van der Waals surface area (Å²) in [7, 11) is -1.04. The fourth-order valence-corrected chi connectivity index (χ4v) is 3.53. The molecule has 4 rings (SSSR count). The van der Waals surface area contributed by atoms with Gasteiger partial charge in [0.15, 0.2) is 0 Å². The third-order valence-corrected chi connectivity index (χ3v) is 5.12. The predicted molar refractivity (Wildman–Crippen MR) is 118 cm³/mol. The minimum atomic E-state index is -1.20. The zero-order chi connectivity index (χ0) is 22.9. The van der Waals surface area contributed by atoms with Crippen LogP contribution in [0.4, 0.5) is 17.6 Å². The molecule has 0 saturated heterocycles. The highest BCUT2D eigenvalue weighted by molar-refractivity contribution is 6.61. The van der Waals surface area contributed by atoms with Gasteiger partial charge in [-0.05, 0) is 25.5 Å². The van der Waals surface area contributed by atoms with Gasteiger partial charge < -0.3 is 30.5 Å². The molecule has 32 heavy (non-hydrogen) atoms. The Morgan fingerprint density at radius 3 is 2.62 bits per heavy atom. The molecule has 3 aromatic rings. The predicted octanol–water partition coefficient (Wildman–Crippen LogP) is 1.41. The van der Waals surface area contributed by atoms with Gasteiger partial charge in [-0.25, -0.2) is 14.8 Å². The molecule has 5 N–H and O–H groups in total. The van der Waals surface area contributed by atoms with Crippen molar-refractivity contribution in [3.63, 3.8) is 0 Å². The van der Waals surface area contributed by atoms with Gasteiger partial charge in [-0.15, -0.1) is 0 Å². The third kappa shape index (κ3) is 4.26. The summed E-state index contributed by atoms with van der Waals surface area (Å²) in [6, 6.07) is 11.9. The van der Waals surface area contributed by atoms with Gasteiger partial charge in [0.05, 0.1) is 23.9 Å². The Labute approximate surface area is 184 Å². The number of carboxylic acids is 1. The maximum atomic E-state index is 11.7. The van der Waals surface area contributed by atoms with Crippen LogP contribution in [0, 0.1) is 0 Å². The van der Waals surface area contributed by atoms with Crippen LogP contribution in [0.2, 0.25) is 0 Å². The summed E-state index contributed by atoms with van der Waals surface area (Å²) in [6.07, 6.45) is 1.18. The normalized spacial score (nSPS) is 15.2. The fraction of sp³-hybridized carbons (Fsp3) is 0.238. The van der Waals surface area contributed by atoms with Gasteiger partial charge in [0.1, 0.15) is 17.2 Å². The lowest BCUT2D eigenvalue weighted by Crippen LogP contribution is -2.28. The van der Waals surface area contributed by atoms with Crippen LogP contribution in [-0.4, -0.2) is 49.9 Å². The van der Waals surface area contributed by atoms with Crippen molar-refractivity contribution in [2.24, 2.45) is 0 Å². The van der Waals surface area contributed by atoms with E-state index in [4.69, 9.17) is 4.65 Å². The van der Waals surface area contributed by atoms with Gasteiger partial charge in [0, 0.05) is 11.7 Å². The summed E-state index contributed by atoms with van der Waals surface area (Å²) in [4.78, 5) is 24.6. The number of aliphatic hydroxyl groups is 1. The van der Waals surface area contributed by atoms with E-state index in [1.807, 2.05) is 30.3 Å². The number of aromatic nitrogens is 3. The first kappa shape index (κ1) is 21.7. The van der Waals surface area contributed by atoms with Crippen LogP contribution in [-0.2, 0) is 10.3 Å². The van der Waals surface area contributed by atoms with Crippen LogP contribution >= 0.6 is 0 Å². The summed E-state index contributed by atoms with van der Waals surface area (Å²) in [5.41, 5.74) is 1.04. The highest BCUT2D eigenvalue weighted by Crippen LogP contribution is 2.29. The van der Waals surface area contributed by atoms with Gasteiger partial charge in [0.25, 0.3) is 0 Å². The standard InChI is InChI=1S/C21H22BN5O5/c1-21(2)17-14(22(31)32-21)8-9-16(25-17)26-20-23-10-13(19(29)30)18(27-20)24-15(11-28)12-6-4-3-5-7-12/h3-10,15,28,31H,11H2,1-2H3,(H,29,30)(H2,23,24,25,26,27)/t15-/m1/s1. The van der Waals surface area contributed by atoms with Crippen LogP contribution in [0.5, 0.6) is 0 Å². The maximum Gasteiger partial charge on any atom is 0.493 e. The zero-order valence-electron chi connectivity index (χ0n) is 17.5. The first-order valence-corrected chi connectivity index (χ1v) is 9.95. The van der Waals surface area contributed by atoms with Crippen LogP contribution in [0.25, 0.3) is 0 Å². The third-order valence-electron chi connectivity index (χ3n) is 5.12. The Bertz CT molecular complexity index is 1140. The van der Waals surface area contributed by atoms with Gasteiger partial charge in [-0.3, -0.25) is 0 Å². The molecule has 11 heteroatoms. The first-order valence-electron chi connectivity index (χ1n) is 9.95. The number of benzene rings is 1. The van der Waals surface area contributed by atoms with E-state index >= 15 is 0 Å². The highest BCUT2D eigenvalue weighted by atomic mass is 16.5. The lowest BCUT2D eigenvalue weighted by Gasteiger charge is -2.20. The molecule has 0 saturated carbocycles. The number of aromatic carboxylic acids is 1. The molecular weight excluding hydrogens is 413 g/mol. The van der Waals surface area contributed by atoms with Crippen molar-refractivity contribution in [1.82, 2.24) is 15.0 Å². The number of hydrogen-bond donors (Lipinski definition) is 5. The number of aliphatic hydroxyl groups excluding tert-OH is 1. The largest absolute Gasteiger partial charge is 0.493 e. The zero-order valence-corrected chi connectivity index (χ0v) is 17.5. The summed E-state index contributed by atoms with van der Waals surface area (Å²) >= 11 is 0. The number of nitrogens with one attached hydrogen (secondary N) is 2. The van der Waals surface area contributed by atoms with E-state index in [2.05, 4.69) is 25.6 Å². The molecule has 0 fully saturated rings. The number of nitrogens with zero attached hydrogens (tertiary/aromatic N) is 3. The quantitative estimate of drug-likeness (QED) is 0.345. The molecule has 164 valence electrons. The second-order valence-corrected chi connectivity index (χ2v) is 7.79. The second-order valence-electron chi connectivity index (χ2n) is 7.79. The number of carbonyl (C=O) groups is 1. The number of hydrogen-bond acceptors (Lipinski definition) is 9. The molecule has 2 aromatic heterocycles. The van der Waals surface area contributed by atoms with E-state index in [0.717, 1.165) is 5.56 Å². The van der Waals surface area contributed by atoms with E-state index in [1.165, 1.54) is 6.20 Å². The first-order chi connectivity index (χ1) is 15.3. The van der Waals surface area contributed by atoms with Crippen molar-refractivity contribution < 1.29 is 24.7 Å². The van der Waals surface area contributed by atoms with Crippen molar-refractivity contribution in [2.45, 2.75) is 25.5 Å². The SMILES string of the molecule is CC1(C)OB(O)c2ccc(Nc3ncc(C(=O)O)c(N[C@H](CO)c4ccccc4)n3)nc21. The van der Waals surface area contributed by atoms with Crippen molar-refractivity contribution >= 4 is 36.1 Å². The van der Waals surface area contributed by atoms with Crippen LogP contribution in [0.1, 0.15) is 41.5 Å². The van der Waals surface area contributed by atoms with E-state index in [-0.39, 0.29) is 23.9 Å².